The fraction of sp³-hybridized carbons (Fsp3) is 0.200. The number of nitro groups is 1. The fourth-order valence-corrected chi connectivity index (χ4v) is 4.20. The van der Waals surface area contributed by atoms with Gasteiger partial charge in [0, 0.05) is 29.7 Å². The molecule has 0 unspecified atom stereocenters. The van der Waals surface area contributed by atoms with E-state index in [1.807, 2.05) is 24.3 Å². The Hall–Kier alpha value is -1.81. The van der Waals surface area contributed by atoms with Crippen molar-refractivity contribution in [3.8, 4) is 0 Å². The Labute approximate surface area is 147 Å². The predicted octanol–water partition coefficient (Wildman–Crippen LogP) is 2.13. The van der Waals surface area contributed by atoms with Crippen molar-refractivity contribution in [2.45, 2.75) is 10.4 Å². The number of nitrogens with one attached hydrogen (secondary N) is 2. The van der Waals surface area contributed by atoms with Crippen LogP contribution in [0.3, 0.4) is 0 Å². The first-order valence-electron chi connectivity index (χ1n) is 7.08. The summed E-state index contributed by atoms with van der Waals surface area (Å²) in [6, 6.07) is 12.3. The molecule has 3 rings (SSSR count). The first-order valence-corrected chi connectivity index (χ1v) is 9.35. The molecule has 126 valence electrons. The molecule has 0 aromatic heterocycles. The Bertz CT molecular complexity index is 863. The number of rotatable bonds is 5. The molecular formula is C15H14BrN3O4S. The van der Waals surface area contributed by atoms with Crippen LogP contribution in [0.25, 0.3) is 0 Å². The highest BCUT2D eigenvalue weighted by atomic mass is 79.9. The second kappa shape index (κ2) is 6.25. The normalized spacial score (nSPS) is 16.4. The topological polar surface area (TPSA) is 101 Å². The highest BCUT2D eigenvalue weighted by Gasteiger charge is 2.42. The lowest BCUT2D eigenvalue weighted by atomic mass is 9.85. The van der Waals surface area contributed by atoms with E-state index in [4.69, 9.17) is 0 Å². The van der Waals surface area contributed by atoms with Crippen LogP contribution in [0.1, 0.15) is 5.56 Å². The zero-order valence-electron chi connectivity index (χ0n) is 12.4. The molecule has 1 aliphatic rings. The van der Waals surface area contributed by atoms with Gasteiger partial charge in [-0.15, -0.1) is 0 Å². The van der Waals surface area contributed by atoms with Crippen molar-refractivity contribution >= 4 is 31.6 Å². The molecule has 9 heteroatoms. The number of nitrogens with zero attached hydrogens (tertiary/aromatic N) is 1. The maximum Gasteiger partial charge on any atom is 0.269 e. The standard InChI is InChI=1S/C15H14BrN3O4S/c16-12-3-1-11(2-4-12)15(9-17-10-15)18-24(22,23)14-7-5-13(6-8-14)19(20)21/h1-8,17-18H,9-10H2. The van der Waals surface area contributed by atoms with Crippen molar-refractivity contribution < 1.29 is 13.3 Å². The molecule has 0 aliphatic carbocycles. The summed E-state index contributed by atoms with van der Waals surface area (Å²) in [6.07, 6.45) is 0. The number of sulfonamides is 1. The van der Waals surface area contributed by atoms with Crippen molar-refractivity contribution in [1.29, 1.82) is 0 Å². The van der Waals surface area contributed by atoms with Crippen molar-refractivity contribution in [3.05, 3.63) is 68.7 Å². The Kier molecular flexibility index (Phi) is 4.43. The van der Waals surface area contributed by atoms with Gasteiger partial charge in [-0.2, -0.15) is 4.72 Å². The van der Waals surface area contributed by atoms with Crippen LogP contribution in [0.15, 0.2) is 57.9 Å². The van der Waals surface area contributed by atoms with Crippen LogP contribution in [-0.2, 0) is 15.6 Å². The van der Waals surface area contributed by atoms with Gasteiger partial charge in [0.15, 0.2) is 0 Å². The zero-order valence-corrected chi connectivity index (χ0v) is 14.8. The monoisotopic (exact) mass is 411 g/mol. The number of hydrogen-bond donors (Lipinski definition) is 2. The number of non-ortho nitro benzene ring substituents is 1. The van der Waals surface area contributed by atoms with Crippen LogP contribution < -0.4 is 10.0 Å². The molecule has 0 radical (unpaired) electrons. The second-order valence-electron chi connectivity index (χ2n) is 5.55. The highest BCUT2D eigenvalue weighted by molar-refractivity contribution is 9.10. The van der Waals surface area contributed by atoms with E-state index in [0.717, 1.165) is 10.0 Å². The highest BCUT2D eigenvalue weighted by Crippen LogP contribution is 2.29. The third-order valence-corrected chi connectivity index (χ3v) is 6.02. The summed E-state index contributed by atoms with van der Waals surface area (Å²) in [6.45, 7) is 0.946. The Morgan fingerprint density at radius 2 is 1.67 bits per heavy atom. The van der Waals surface area contributed by atoms with E-state index < -0.39 is 20.5 Å². The average molecular weight is 412 g/mol. The minimum Gasteiger partial charge on any atom is -0.312 e. The van der Waals surface area contributed by atoms with E-state index in [0.29, 0.717) is 13.1 Å². The van der Waals surface area contributed by atoms with Crippen molar-refractivity contribution in [3.63, 3.8) is 0 Å². The first kappa shape index (κ1) is 17.0. The largest absolute Gasteiger partial charge is 0.312 e. The van der Waals surface area contributed by atoms with Gasteiger partial charge in [-0.25, -0.2) is 8.42 Å². The van der Waals surface area contributed by atoms with Crippen molar-refractivity contribution in [2.75, 3.05) is 13.1 Å². The molecule has 24 heavy (non-hydrogen) atoms. The van der Waals surface area contributed by atoms with Crippen molar-refractivity contribution in [1.82, 2.24) is 10.0 Å². The average Bonchev–Trinajstić information content (AvgIpc) is 2.52. The summed E-state index contributed by atoms with van der Waals surface area (Å²) < 4.78 is 28.9. The van der Waals surface area contributed by atoms with E-state index in [1.54, 1.807) is 0 Å². The number of nitro benzene ring substituents is 1. The lowest BCUT2D eigenvalue weighted by Crippen LogP contribution is -2.66. The molecule has 0 amide bonds. The molecule has 0 atom stereocenters. The van der Waals surface area contributed by atoms with Crippen LogP contribution >= 0.6 is 15.9 Å². The van der Waals surface area contributed by atoms with Crippen LogP contribution in [0.4, 0.5) is 5.69 Å². The molecule has 0 spiro atoms. The summed E-state index contributed by atoms with van der Waals surface area (Å²) in [5.74, 6) is 0. The minimum absolute atomic E-state index is 0.00325. The van der Waals surface area contributed by atoms with Gasteiger partial charge in [-0.05, 0) is 29.8 Å². The first-order chi connectivity index (χ1) is 11.3. The Morgan fingerprint density at radius 1 is 1.08 bits per heavy atom. The maximum absolute atomic E-state index is 12.6. The van der Waals surface area contributed by atoms with Gasteiger partial charge >= 0.3 is 0 Å². The van der Waals surface area contributed by atoms with Gasteiger partial charge < -0.3 is 5.32 Å². The molecule has 0 bridgehead atoms. The molecule has 1 aliphatic heterocycles. The van der Waals surface area contributed by atoms with Crippen LogP contribution in [0, 0.1) is 10.1 Å². The van der Waals surface area contributed by atoms with E-state index in [1.165, 1.54) is 24.3 Å². The summed E-state index contributed by atoms with van der Waals surface area (Å²) in [4.78, 5) is 10.1. The molecular weight excluding hydrogens is 398 g/mol. The summed E-state index contributed by atoms with van der Waals surface area (Å²) >= 11 is 3.36. The third kappa shape index (κ3) is 3.20. The van der Waals surface area contributed by atoms with E-state index in [-0.39, 0.29) is 10.6 Å². The molecule has 0 saturated carbocycles. The molecule has 1 saturated heterocycles. The maximum atomic E-state index is 12.6. The molecule has 1 fully saturated rings. The molecule has 2 aromatic carbocycles. The minimum atomic E-state index is -3.80. The molecule has 2 aromatic rings. The summed E-state index contributed by atoms with van der Waals surface area (Å²) in [5.41, 5.74) is -0.0155. The Morgan fingerprint density at radius 3 is 2.12 bits per heavy atom. The zero-order chi connectivity index (χ0) is 17.4. The van der Waals surface area contributed by atoms with Gasteiger partial charge in [0.2, 0.25) is 10.0 Å². The fourth-order valence-electron chi connectivity index (χ4n) is 2.54. The number of benzene rings is 2. The SMILES string of the molecule is O=[N+]([O-])c1ccc(S(=O)(=O)NC2(c3ccc(Br)cc3)CNC2)cc1. The van der Waals surface area contributed by atoms with Crippen molar-refractivity contribution in [2.24, 2.45) is 0 Å². The van der Waals surface area contributed by atoms with E-state index in [9.17, 15) is 18.5 Å². The summed E-state index contributed by atoms with van der Waals surface area (Å²) in [5, 5.41) is 13.8. The lowest BCUT2D eigenvalue weighted by Gasteiger charge is -2.43. The van der Waals surface area contributed by atoms with Gasteiger partial charge in [-0.1, -0.05) is 28.1 Å². The molecule has 7 nitrogen and oxygen atoms in total. The third-order valence-electron chi connectivity index (χ3n) is 3.94. The molecule has 1 heterocycles. The smallest absolute Gasteiger partial charge is 0.269 e. The van der Waals surface area contributed by atoms with Crippen LogP contribution in [0.2, 0.25) is 0 Å². The van der Waals surface area contributed by atoms with Gasteiger partial charge in [0.05, 0.1) is 15.4 Å². The van der Waals surface area contributed by atoms with Gasteiger partial charge in [-0.3, -0.25) is 10.1 Å². The number of hydrogen-bond acceptors (Lipinski definition) is 5. The number of halogens is 1. The molecule has 2 N–H and O–H groups in total. The van der Waals surface area contributed by atoms with Gasteiger partial charge in [0.25, 0.3) is 5.69 Å². The van der Waals surface area contributed by atoms with Gasteiger partial charge in [0.1, 0.15) is 0 Å². The summed E-state index contributed by atoms with van der Waals surface area (Å²) in [7, 11) is -3.80. The quantitative estimate of drug-likeness (QED) is 0.579. The predicted molar refractivity (Wildman–Crippen MR) is 92.1 cm³/mol. The van der Waals surface area contributed by atoms with Crippen LogP contribution in [-0.4, -0.2) is 26.4 Å². The Balaban J connectivity index is 1.89. The lowest BCUT2D eigenvalue weighted by molar-refractivity contribution is -0.384. The van der Waals surface area contributed by atoms with Crippen LogP contribution in [0.5, 0.6) is 0 Å². The van der Waals surface area contributed by atoms with E-state index >= 15 is 0 Å². The second-order valence-corrected chi connectivity index (χ2v) is 8.15. The van der Waals surface area contributed by atoms with E-state index in [2.05, 4.69) is 26.0 Å².